The highest BCUT2D eigenvalue weighted by Gasteiger charge is 2.08. The van der Waals surface area contributed by atoms with Crippen molar-refractivity contribution in [3.8, 4) is 11.4 Å². The summed E-state index contributed by atoms with van der Waals surface area (Å²) >= 11 is 5.63. The SMILES string of the molecule is COc1cc(C(=O)N/N=C/c2cccn2-c2cccc(Br)c2)ccc1I. The van der Waals surface area contributed by atoms with Gasteiger partial charge in [0, 0.05) is 21.9 Å². The topological polar surface area (TPSA) is 55.6 Å². The molecule has 1 N–H and O–H groups in total. The van der Waals surface area contributed by atoms with Crippen LogP contribution in [0.15, 0.2) is 70.4 Å². The highest BCUT2D eigenvalue weighted by molar-refractivity contribution is 14.1. The van der Waals surface area contributed by atoms with Crippen LogP contribution in [0.25, 0.3) is 5.69 Å². The molecule has 0 fully saturated rings. The van der Waals surface area contributed by atoms with E-state index in [0.717, 1.165) is 19.4 Å². The molecule has 0 atom stereocenters. The molecule has 0 spiro atoms. The third-order valence-electron chi connectivity index (χ3n) is 3.64. The molecule has 0 saturated carbocycles. The second-order valence-electron chi connectivity index (χ2n) is 5.33. The van der Waals surface area contributed by atoms with E-state index in [0.29, 0.717) is 11.3 Å². The lowest BCUT2D eigenvalue weighted by Gasteiger charge is -2.07. The number of carbonyl (C=O) groups excluding carboxylic acids is 1. The van der Waals surface area contributed by atoms with Gasteiger partial charge in [-0.2, -0.15) is 5.10 Å². The van der Waals surface area contributed by atoms with Crippen molar-refractivity contribution in [2.24, 2.45) is 5.10 Å². The van der Waals surface area contributed by atoms with Crippen molar-refractivity contribution in [1.29, 1.82) is 0 Å². The maximum Gasteiger partial charge on any atom is 0.271 e. The van der Waals surface area contributed by atoms with Gasteiger partial charge in [-0.3, -0.25) is 4.79 Å². The van der Waals surface area contributed by atoms with Gasteiger partial charge in [0.15, 0.2) is 0 Å². The van der Waals surface area contributed by atoms with Gasteiger partial charge in [0.25, 0.3) is 5.91 Å². The fourth-order valence-corrected chi connectivity index (χ4v) is 3.33. The van der Waals surface area contributed by atoms with Crippen LogP contribution in [0.4, 0.5) is 0 Å². The summed E-state index contributed by atoms with van der Waals surface area (Å²) < 4.78 is 9.16. The summed E-state index contributed by atoms with van der Waals surface area (Å²) in [5.74, 6) is 0.363. The Morgan fingerprint density at radius 2 is 2.08 bits per heavy atom. The third-order valence-corrected chi connectivity index (χ3v) is 5.03. The first kappa shape index (κ1) is 18.7. The zero-order valence-corrected chi connectivity index (χ0v) is 17.6. The zero-order valence-electron chi connectivity index (χ0n) is 13.8. The molecule has 0 unspecified atom stereocenters. The van der Waals surface area contributed by atoms with Crippen molar-refractivity contribution >= 4 is 50.6 Å². The molecule has 1 amide bonds. The number of hydrogen-bond acceptors (Lipinski definition) is 3. The fourth-order valence-electron chi connectivity index (χ4n) is 2.38. The van der Waals surface area contributed by atoms with Crippen molar-refractivity contribution < 1.29 is 9.53 Å². The molecule has 7 heteroatoms. The van der Waals surface area contributed by atoms with Gasteiger partial charge in [-0.25, -0.2) is 5.43 Å². The van der Waals surface area contributed by atoms with Crippen LogP contribution in [0.5, 0.6) is 5.75 Å². The maximum atomic E-state index is 12.3. The van der Waals surface area contributed by atoms with Gasteiger partial charge >= 0.3 is 0 Å². The summed E-state index contributed by atoms with van der Waals surface area (Å²) in [4.78, 5) is 12.3. The molecule has 5 nitrogen and oxygen atoms in total. The van der Waals surface area contributed by atoms with Crippen LogP contribution in [0.2, 0.25) is 0 Å². The number of ether oxygens (including phenoxy) is 1. The molecule has 3 rings (SSSR count). The Balaban J connectivity index is 1.74. The lowest BCUT2D eigenvalue weighted by Crippen LogP contribution is -2.18. The number of amides is 1. The van der Waals surface area contributed by atoms with Gasteiger partial charge < -0.3 is 9.30 Å². The molecule has 26 heavy (non-hydrogen) atoms. The number of nitrogens with one attached hydrogen (secondary N) is 1. The predicted octanol–water partition coefficient (Wildman–Crippen LogP) is 4.62. The van der Waals surface area contributed by atoms with Gasteiger partial charge in [-0.1, -0.05) is 22.0 Å². The van der Waals surface area contributed by atoms with Crippen molar-refractivity contribution in [3.63, 3.8) is 0 Å². The molecule has 3 aromatic rings. The number of hydrazone groups is 1. The molecule has 0 bridgehead atoms. The van der Waals surface area contributed by atoms with Gasteiger partial charge in [-0.15, -0.1) is 0 Å². The number of halogens is 2. The fraction of sp³-hybridized carbons (Fsp3) is 0.0526. The van der Waals surface area contributed by atoms with E-state index in [9.17, 15) is 4.79 Å². The zero-order chi connectivity index (χ0) is 18.5. The number of rotatable bonds is 5. The van der Waals surface area contributed by atoms with E-state index < -0.39 is 0 Å². The van der Waals surface area contributed by atoms with E-state index in [1.807, 2.05) is 53.2 Å². The highest BCUT2D eigenvalue weighted by Crippen LogP contribution is 2.21. The summed E-state index contributed by atoms with van der Waals surface area (Å²) in [7, 11) is 1.58. The maximum absolute atomic E-state index is 12.3. The first-order valence-corrected chi connectivity index (χ1v) is 9.56. The molecular weight excluding hydrogens is 509 g/mol. The highest BCUT2D eigenvalue weighted by atomic mass is 127. The van der Waals surface area contributed by atoms with Crippen LogP contribution >= 0.6 is 38.5 Å². The Kier molecular flexibility index (Phi) is 6.10. The van der Waals surface area contributed by atoms with Crippen LogP contribution in [0.3, 0.4) is 0 Å². The number of aromatic nitrogens is 1. The first-order valence-electron chi connectivity index (χ1n) is 7.69. The van der Waals surface area contributed by atoms with E-state index in [1.165, 1.54) is 0 Å². The second-order valence-corrected chi connectivity index (χ2v) is 7.41. The number of nitrogens with zero attached hydrogens (tertiary/aromatic N) is 2. The van der Waals surface area contributed by atoms with E-state index in [-0.39, 0.29) is 5.91 Å². The average molecular weight is 524 g/mol. The Morgan fingerprint density at radius 3 is 2.85 bits per heavy atom. The van der Waals surface area contributed by atoms with E-state index >= 15 is 0 Å². The summed E-state index contributed by atoms with van der Waals surface area (Å²) in [6.07, 6.45) is 3.55. The van der Waals surface area contributed by atoms with Crippen molar-refractivity contribution in [3.05, 3.63) is 80.1 Å². The smallest absolute Gasteiger partial charge is 0.271 e. The van der Waals surface area contributed by atoms with Gasteiger partial charge in [0.1, 0.15) is 5.75 Å². The quantitative estimate of drug-likeness (QED) is 0.301. The van der Waals surface area contributed by atoms with Crippen LogP contribution in [0, 0.1) is 3.57 Å². The Labute approximate surface area is 173 Å². The van der Waals surface area contributed by atoms with Crippen LogP contribution in [-0.4, -0.2) is 23.8 Å². The van der Waals surface area contributed by atoms with E-state index in [1.54, 1.807) is 25.5 Å². The first-order chi connectivity index (χ1) is 12.6. The molecule has 1 aromatic heterocycles. The van der Waals surface area contributed by atoms with E-state index in [4.69, 9.17) is 4.74 Å². The molecule has 0 aliphatic carbocycles. The largest absolute Gasteiger partial charge is 0.496 e. The monoisotopic (exact) mass is 523 g/mol. The third kappa shape index (κ3) is 4.34. The van der Waals surface area contributed by atoms with Crippen molar-refractivity contribution in [2.45, 2.75) is 0 Å². The normalized spacial score (nSPS) is 10.9. The minimum Gasteiger partial charge on any atom is -0.496 e. The number of carbonyl (C=O) groups is 1. The standard InChI is InChI=1S/C19H15BrIN3O2/c1-26-18-10-13(7-8-17(18)21)19(25)23-22-12-16-6-3-9-24(16)15-5-2-4-14(20)11-15/h2-12H,1H3,(H,23,25)/b22-12+. The van der Waals surface area contributed by atoms with Crippen LogP contribution < -0.4 is 10.2 Å². The Hall–Kier alpha value is -2.13. The summed E-state index contributed by atoms with van der Waals surface area (Å²) in [6, 6.07) is 17.0. The summed E-state index contributed by atoms with van der Waals surface area (Å²) in [5, 5.41) is 4.08. The van der Waals surface area contributed by atoms with Crippen molar-refractivity contribution in [1.82, 2.24) is 9.99 Å². The van der Waals surface area contributed by atoms with E-state index in [2.05, 4.69) is 49.0 Å². The lowest BCUT2D eigenvalue weighted by molar-refractivity contribution is 0.0954. The van der Waals surface area contributed by atoms with Crippen LogP contribution in [-0.2, 0) is 0 Å². The molecule has 0 saturated heterocycles. The number of benzene rings is 2. The number of hydrogen-bond donors (Lipinski definition) is 1. The lowest BCUT2D eigenvalue weighted by atomic mass is 10.2. The Bertz CT molecular complexity index is 969. The second kappa shape index (κ2) is 8.50. The molecule has 2 aromatic carbocycles. The molecule has 0 aliphatic rings. The molecule has 0 radical (unpaired) electrons. The van der Waals surface area contributed by atoms with Gasteiger partial charge in [0.05, 0.1) is 22.6 Å². The number of methoxy groups -OCH3 is 1. The van der Waals surface area contributed by atoms with Crippen molar-refractivity contribution in [2.75, 3.05) is 7.11 Å². The summed E-state index contributed by atoms with van der Waals surface area (Å²) in [6.45, 7) is 0. The predicted molar refractivity (Wildman–Crippen MR) is 114 cm³/mol. The molecule has 1 heterocycles. The molecule has 0 aliphatic heterocycles. The minimum absolute atomic E-state index is 0.295. The minimum atomic E-state index is -0.295. The molecule has 132 valence electrons. The summed E-state index contributed by atoms with van der Waals surface area (Å²) in [5.41, 5.74) is 4.89. The Morgan fingerprint density at radius 1 is 1.23 bits per heavy atom. The van der Waals surface area contributed by atoms with Gasteiger partial charge in [-0.05, 0) is 71.1 Å². The molecular formula is C19H15BrIN3O2. The van der Waals surface area contributed by atoms with Gasteiger partial charge in [0.2, 0.25) is 0 Å². The van der Waals surface area contributed by atoms with Crippen LogP contribution in [0.1, 0.15) is 16.1 Å². The average Bonchev–Trinajstić information content (AvgIpc) is 3.10.